The lowest BCUT2D eigenvalue weighted by molar-refractivity contribution is 0.878. The zero-order valence-electron chi connectivity index (χ0n) is 15.3. The number of nitrogens with one attached hydrogen (secondary N) is 1. The van der Waals surface area contributed by atoms with Gasteiger partial charge in [0.1, 0.15) is 11.2 Å². The normalized spacial score (nSPS) is 10.8. The van der Waals surface area contributed by atoms with E-state index in [-0.39, 0.29) is 18.4 Å². The molecule has 0 spiro atoms. The molecule has 0 saturated heterocycles. The Hall–Kier alpha value is -2.57. The highest BCUT2D eigenvalue weighted by Crippen LogP contribution is 2.36. The average Bonchev–Trinajstić information content (AvgIpc) is 3.12. The van der Waals surface area contributed by atoms with E-state index in [0.717, 1.165) is 43.4 Å². The minimum atomic E-state index is 0. The molecule has 0 radical (unpaired) electrons. The van der Waals surface area contributed by atoms with Crippen LogP contribution in [-0.4, -0.2) is 26.2 Å². The summed E-state index contributed by atoms with van der Waals surface area (Å²) in [5.41, 5.74) is 3.82. The molecule has 4 aromatic rings. The van der Waals surface area contributed by atoms with Crippen molar-refractivity contribution in [2.24, 2.45) is 0 Å². The Morgan fingerprint density at radius 1 is 0.963 bits per heavy atom. The van der Waals surface area contributed by atoms with Crippen LogP contribution in [0.4, 0.5) is 5.82 Å². The number of thiophene rings is 1. The van der Waals surface area contributed by atoms with E-state index in [1.165, 1.54) is 0 Å². The first-order valence-electron chi connectivity index (χ1n) is 8.53. The number of rotatable bonds is 4. The Balaban J connectivity index is 0.00000210. The molecule has 4 aromatic heterocycles. The van der Waals surface area contributed by atoms with Gasteiger partial charge in [-0.15, -0.1) is 33.9 Å². The van der Waals surface area contributed by atoms with Gasteiger partial charge >= 0.3 is 0 Å². The standard InChI is InChI=1S/C20H19N5S.ClH/c1-12(2)23-20-19-14(5-4-10-21-19)18(24-25-20)17-9-8-16(26-17)15-7-6-13(3)11-22-15;/h4-12H,1-3H3,(H,23,25);1H. The number of aryl methyl sites for hydroxylation is 1. The fourth-order valence-corrected chi connectivity index (χ4v) is 3.74. The van der Waals surface area contributed by atoms with Gasteiger partial charge in [0.2, 0.25) is 0 Å². The predicted molar refractivity (Wildman–Crippen MR) is 115 cm³/mol. The number of pyridine rings is 2. The van der Waals surface area contributed by atoms with Gasteiger partial charge < -0.3 is 5.32 Å². The van der Waals surface area contributed by atoms with Gasteiger partial charge in [0, 0.05) is 23.8 Å². The van der Waals surface area contributed by atoms with Crippen molar-refractivity contribution in [2.45, 2.75) is 26.8 Å². The monoisotopic (exact) mass is 397 g/mol. The molecule has 4 heterocycles. The number of halogens is 1. The second-order valence-electron chi connectivity index (χ2n) is 6.48. The maximum absolute atomic E-state index is 4.52. The molecule has 0 aliphatic rings. The molecule has 0 fully saturated rings. The maximum atomic E-state index is 4.52. The summed E-state index contributed by atoms with van der Waals surface area (Å²) in [5, 5.41) is 13.2. The van der Waals surface area contributed by atoms with Gasteiger partial charge in [0.25, 0.3) is 0 Å². The summed E-state index contributed by atoms with van der Waals surface area (Å²) in [6, 6.07) is 12.5. The topological polar surface area (TPSA) is 63.6 Å². The van der Waals surface area contributed by atoms with Crippen LogP contribution in [0.3, 0.4) is 0 Å². The second kappa shape index (κ2) is 7.98. The van der Waals surface area contributed by atoms with Gasteiger partial charge in [-0.05, 0) is 56.7 Å². The second-order valence-corrected chi connectivity index (χ2v) is 7.56. The molecule has 5 nitrogen and oxygen atoms in total. The lowest BCUT2D eigenvalue weighted by Gasteiger charge is -2.11. The van der Waals surface area contributed by atoms with Crippen LogP contribution in [0.15, 0.2) is 48.8 Å². The summed E-state index contributed by atoms with van der Waals surface area (Å²) < 4.78 is 0. The summed E-state index contributed by atoms with van der Waals surface area (Å²) in [6.45, 7) is 6.19. The third kappa shape index (κ3) is 3.91. The summed E-state index contributed by atoms with van der Waals surface area (Å²) in [5.74, 6) is 0.719. The summed E-state index contributed by atoms with van der Waals surface area (Å²) in [4.78, 5) is 11.2. The largest absolute Gasteiger partial charge is 0.365 e. The molecule has 1 N–H and O–H groups in total. The van der Waals surface area contributed by atoms with Crippen molar-refractivity contribution >= 4 is 40.5 Å². The number of hydrogen-bond acceptors (Lipinski definition) is 6. The van der Waals surface area contributed by atoms with Crippen molar-refractivity contribution in [1.29, 1.82) is 0 Å². The lowest BCUT2D eigenvalue weighted by atomic mass is 10.2. The third-order valence-corrected chi connectivity index (χ3v) is 5.08. The fourth-order valence-electron chi connectivity index (χ4n) is 2.76. The van der Waals surface area contributed by atoms with Crippen molar-refractivity contribution < 1.29 is 0 Å². The third-order valence-electron chi connectivity index (χ3n) is 3.97. The van der Waals surface area contributed by atoms with Crippen LogP contribution >= 0.6 is 23.7 Å². The number of nitrogens with zero attached hydrogens (tertiary/aromatic N) is 4. The first-order valence-corrected chi connectivity index (χ1v) is 9.34. The summed E-state index contributed by atoms with van der Waals surface area (Å²) >= 11 is 1.67. The van der Waals surface area contributed by atoms with Gasteiger partial charge in [-0.2, -0.15) is 0 Å². The minimum absolute atomic E-state index is 0. The molecule has 27 heavy (non-hydrogen) atoms. The Labute approximate surface area is 168 Å². The molecule has 0 bridgehead atoms. The smallest absolute Gasteiger partial charge is 0.175 e. The van der Waals surface area contributed by atoms with E-state index in [0.29, 0.717) is 0 Å². The van der Waals surface area contributed by atoms with Crippen LogP contribution < -0.4 is 5.32 Å². The van der Waals surface area contributed by atoms with Crippen LogP contribution in [0.2, 0.25) is 0 Å². The Morgan fingerprint density at radius 2 is 1.78 bits per heavy atom. The Bertz CT molecular complexity index is 1060. The van der Waals surface area contributed by atoms with Crippen molar-refractivity contribution in [3.8, 4) is 21.1 Å². The highest BCUT2D eigenvalue weighted by atomic mass is 35.5. The van der Waals surface area contributed by atoms with E-state index < -0.39 is 0 Å². The highest BCUT2D eigenvalue weighted by molar-refractivity contribution is 7.18. The quantitative estimate of drug-likeness (QED) is 0.501. The van der Waals surface area contributed by atoms with Gasteiger partial charge in [-0.3, -0.25) is 9.97 Å². The molecule has 0 aromatic carbocycles. The predicted octanol–water partition coefficient (Wildman–Crippen LogP) is 5.37. The van der Waals surface area contributed by atoms with E-state index in [9.17, 15) is 0 Å². The number of fused-ring (bicyclic) bond motifs is 1. The van der Waals surface area contributed by atoms with E-state index in [1.807, 2.05) is 31.3 Å². The van der Waals surface area contributed by atoms with Crippen LogP contribution in [0.5, 0.6) is 0 Å². The van der Waals surface area contributed by atoms with Gasteiger partial charge in [0.15, 0.2) is 5.82 Å². The Morgan fingerprint density at radius 3 is 2.52 bits per heavy atom. The first kappa shape index (κ1) is 19.2. The van der Waals surface area contributed by atoms with Crippen molar-refractivity contribution in [3.63, 3.8) is 0 Å². The first-order chi connectivity index (χ1) is 12.6. The molecule has 0 atom stereocenters. The molecule has 7 heteroatoms. The van der Waals surface area contributed by atoms with E-state index in [1.54, 1.807) is 17.5 Å². The van der Waals surface area contributed by atoms with Gasteiger partial charge in [0.05, 0.1) is 15.4 Å². The SMILES string of the molecule is Cc1ccc(-c2ccc(-c3nnc(NC(C)C)c4ncccc34)s2)nc1.Cl. The molecule has 0 unspecified atom stereocenters. The van der Waals surface area contributed by atoms with Crippen LogP contribution in [0.25, 0.3) is 32.0 Å². The maximum Gasteiger partial charge on any atom is 0.175 e. The van der Waals surface area contributed by atoms with Crippen LogP contribution in [-0.2, 0) is 0 Å². The minimum Gasteiger partial charge on any atom is -0.365 e. The van der Waals surface area contributed by atoms with E-state index in [2.05, 4.69) is 57.5 Å². The molecule has 0 aliphatic carbocycles. The Kier molecular flexibility index (Phi) is 5.68. The van der Waals surface area contributed by atoms with Crippen molar-refractivity contribution in [3.05, 3.63) is 54.4 Å². The molecule has 4 rings (SSSR count). The fraction of sp³-hybridized carbons (Fsp3) is 0.200. The summed E-state index contributed by atoms with van der Waals surface area (Å²) in [7, 11) is 0. The van der Waals surface area contributed by atoms with E-state index >= 15 is 0 Å². The van der Waals surface area contributed by atoms with Gasteiger partial charge in [-0.1, -0.05) is 6.07 Å². The zero-order chi connectivity index (χ0) is 18.1. The molecule has 0 aliphatic heterocycles. The number of anilines is 1. The number of aromatic nitrogens is 4. The summed E-state index contributed by atoms with van der Waals surface area (Å²) in [6.07, 6.45) is 3.68. The molecular formula is C20H20ClN5S. The average molecular weight is 398 g/mol. The number of hydrogen-bond donors (Lipinski definition) is 1. The van der Waals surface area contributed by atoms with Crippen molar-refractivity contribution in [2.75, 3.05) is 5.32 Å². The zero-order valence-corrected chi connectivity index (χ0v) is 16.9. The van der Waals surface area contributed by atoms with Crippen molar-refractivity contribution in [1.82, 2.24) is 20.2 Å². The molecular weight excluding hydrogens is 378 g/mol. The van der Waals surface area contributed by atoms with Crippen LogP contribution in [0, 0.1) is 6.92 Å². The van der Waals surface area contributed by atoms with Crippen LogP contribution in [0.1, 0.15) is 19.4 Å². The lowest BCUT2D eigenvalue weighted by Crippen LogP contribution is -2.12. The molecule has 0 saturated carbocycles. The molecule has 138 valence electrons. The van der Waals surface area contributed by atoms with E-state index in [4.69, 9.17) is 0 Å². The molecule has 0 amide bonds. The van der Waals surface area contributed by atoms with Gasteiger partial charge in [-0.25, -0.2) is 0 Å². The highest BCUT2D eigenvalue weighted by Gasteiger charge is 2.15.